The predicted molar refractivity (Wildman–Crippen MR) is 190 cm³/mol. The third kappa shape index (κ3) is 5.68. The van der Waals surface area contributed by atoms with Gasteiger partial charge in [0, 0.05) is 27.8 Å². The van der Waals surface area contributed by atoms with Gasteiger partial charge in [-0.25, -0.2) is 24.9 Å². The maximum Gasteiger partial charge on any atom is 0.164 e. The van der Waals surface area contributed by atoms with E-state index < -0.39 is 0 Å². The van der Waals surface area contributed by atoms with E-state index >= 15 is 0 Å². The summed E-state index contributed by atoms with van der Waals surface area (Å²) in [5, 5.41) is 9.17. The molecule has 0 spiro atoms. The van der Waals surface area contributed by atoms with E-state index in [2.05, 4.69) is 42.5 Å². The minimum absolute atomic E-state index is 0.595. The van der Waals surface area contributed by atoms with Crippen molar-refractivity contribution in [3.8, 4) is 73.9 Å². The Hall–Kier alpha value is -6.84. The molecule has 0 atom stereocenters. The highest BCUT2D eigenvalue weighted by atomic mass is 15.0. The second-order valence-electron chi connectivity index (χ2n) is 11.3. The molecule has 6 aromatic carbocycles. The van der Waals surface area contributed by atoms with Gasteiger partial charge in [-0.1, -0.05) is 133 Å². The molecule has 0 radical (unpaired) electrons. The molecular formula is C42H26N6. The first-order chi connectivity index (χ1) is 23.7. The number of rotatable bonds is 6. The Morgan fingerprint density at radius 1 is 0.312 bits per heavy atom. The first kappa shape index (κ1) is 28.6. The molecule has 0 aliphatic carbocycles. The number of fused-ring (bicyclic) bond motifs is 1. The van der Waals surface area contributed by atoms with E-state index in [1.807, 2.05) is 121 Å². The predicted octanol–water partition coefficient (Wildman–Crippen LogP) is 9.69. The number of hydrogen-bond donors (Lipinski definition) is 0. The van der Waals surface area contributed by atoms with Crippen molar-refractivity contribution in [3.05, 3.63) is 163 Å². The van der Waals surface area contributed by atoms with Crippen LogP contribution in [0.2, 0.25) is 0 Å². The quantitative estimate of drug-likeness (QED) is 0.185. The molecule has 0 saturated carbocycles. The maximum atomic E-state index is 9.17. The van der Waals surface area contributed by atoms with Gasteiger partial charge in [-0.3, -0.25) is 0 Å². The molecule has 6 heteroatoms. The van der Waals surface area contributed by atoms with Crippen molar-refractivity contribution in [1.29, 1.82) is 5.26 Å². The van der Waals surface area contributed by atoms with E-state index in [1.165, 1.54) is 0 Å². The number of nitriles is 1. The summed E-state index contributed by atoms with van der Waals surface area (Å²) in [6.45, 7) is 0. The summed E-state index contributed by atoms with van der Waals surface area (Å²) in [6, 6.07) is 54.1. The van der Waals surface area contributed by atoms with Crippen LogP contribution in [0.4, 0.5) is 0 Å². The van der Waals surface area contributed by atoms with E-state index in [4.69, 9.17) is 30.2 Å². The molecule has 0 fully saturated rings. The molecule has 48 heavy (non-hydrogen) atoms. The second kappa shape index (κ2) is 12.5. The number of aromatic nitrogens is 5. The van der Waals surface area contributed by atoms with Crippen molar-refractivity contribution >= 4 is 11.0 Å². The van der Waals surface area contributed by atoms with Gasteiger partial charge < -0.3 is 0 Å². The Bertz CT molecular complexity index is 2360. The molecule has 8 aromatic rings. The zero-order chi connectivity index (χ0) is 32.3. The van der Waals surface area contributed by atoms with E-state index in [1.54, 1.807) is 0 Å². The lowest BCUT2D eigenvalue weighted by Crippen LogP contribution is -2.00. The first-order valence-electron chi connectivity index (χ1n) is 15.6. The summed E-state index contributed by atoms with van der Waals surface area (Å²) < 4.78 is 0. The van der Waals surface area contributed by atoms with Crippen LogP contribution in [-0.2, 0) is 0 Å². The first-order valence-corrected chi connectivity index (χ1v) is 15.6. The number of para-hydroxylation sites is 2. The monoisotopic (exact) mass is 614 g/mol. The molecule has 8 rings (SSSR count). The van der Waals surface area contributed by atoms with Crippen molar-refractivity contribution < 1.29 is 0 Å². The highest BCUT2D eigenvalue weighted by molar-refractivity contribution is 5.87. The fourth-order valence-corrected chi connectivity index (χ4v) is 5.68. The summed E-state index contributed by atoms with van der Waals surface area (Å²) in [5.74, 6) is 1.84. The summed E-state index contributed by atoms with van der Waals surface area (Å²) in [7, 11) is 0. The van der Waals surface area contributed by atoms with Crippen molar-refractivity contribution in [2.45, 2.75) is 0 Å². The standard InChI is InChI=1S/C42H26N6/c43-27-28-15-17-29(18-16-28)30-19-21-31(22-20-30)38-39(45-37-14-8-7-13-36(37)44-38)32-23-25-35(26-24-32)42-47-40(33-9-3-1-4-10-33)46-41(48-42)34-11-5-2-6-12-34/h1-26H. The lowest BCUT2D eigenvalue weighted by Gasteiger charge is -2.12. The topological polar surface area (TPSA) is 88.2 Å². The lowest BCUT2D eigenvalue weighted by atomic mass is 9.99. The molecule has 6 nitrogen and oxygen atoms in total. The van der Waals surface area contributed by atoms with E-state index in [0.29, 0.717) is 23.0 Å². The van der Waals surface area contributed by atoms with Gasteiger partial charge in [0.15, 0.2) is 17.5 Å². The lowest BCUT2D eigenvalue weighted by molar-refractivity contribution is 1.07. The van der Waals surface area contributed by atoms with Crippen LogP contribution in [0.15, 0.2) is 158 Å². The van der Waals surface area contributed by atoms with Crippen LogP contribution in [0.3, 0.4) is 0 Å². The molecule has 0 saturated heterocycles. The molecular weight excluding hydrogens is 589 g/mol. The zero-order valence-corrected chi connectivity index (χ0v) is 25.7. The van der Waals surface area contributed by atoms with Gasteiger partial charge in [0.1, 0.15) is 0 Å². The Balaban J connectivity index is 1.19. The van der Waals surface area contributed by atoms with Crippen molar-refractivity contribution in [1.82, 2.24) is 24.9 Å². The minimum Gasteiger partial charge on any atom is -0.244 e. The highest BCUT2D eigenvalue weighted by Gasteiger charge is 2.16. The van der Waals surface area contributed by atoms with Gasteiger partial charge in [0.2, 0.25) is 0 Å². The largest absolute Gasteiger partial charge is 0.244 e. The molecule has 2 heterocycles. The molecule has 0 amide bonds. The van der Waals surface area contributed by atoms with Crippen LogP contribution in [0.5, 0.6) is 0 Å². The fraction of sp³-hybridized carbons (Fsp3) is 0. The van der Waals surface area contributed by atoms with Crippen LogP contribution in [0.1, 0.15) is 5.56 Å². The van der Waals surface area contributed by atoms with E-state index in [-0.39, 0.29) is 0 Å². The Labute approximate surface area is 277 Å². The van der Waals surface area contributed by atoms with Crippen molar-refractivity contribution in [3.63, 3.8) is 0 Å². The fourth-order valence-electron chi connectivity index (χ4n) is 5.68. The molecule has 0 bridgehead atoms. The Kier molecular flexibility index (Phi) is 7.46. The third-order valence-electron chi connectivity index (χ3n) is 8.19. The normalized spacial score (nSPS) is 10.9. The number of nitrogens with zero attached hydrogens (tertiary/aromatic N) is 6. The van der Waals surface area contributed by atoms with E-state index in [0.717, 1.165) is 61.4 Å². The molecule has 0 unspecified atom stereocenters. The van der Waals surface area contributed by atoms with Gasteiger partial charge in [0.05, 0.1) is 34.1 Å². The Morgan fingerprint density at radius 2 is 0.646 bits per heavy atom. The minimum atomic E-state index is 0.595. The van der Waals surface area contributed by atoms with Crippen LogP contribution in [-0.4, -0.2) is 24.9 Å². The molecule has 224 valence electrons. The number of benzene rings is 6. The number of hydrogen-bond acceptors (Lipinski definition) is 6. The van der Waals surface area contributed by atoms with Gasteiger partial charge in [-0.15, -0.1) is 0 Å². The van der Waals surface area contributed by atoms with Crippen LogP contribution >= 0.6 is 0 Å². The Morgan fingerprint density at radius 3 is 1.06 bits per heavy atom. The van der Waals surface area contributed by atoms with Crippen LogP contribution in [0, 0.1) is 11.3 Å². The summed E-state index contributed by atoms with van der Waals surface area (Å²) >= 11 is 0. The third-order valence-corrected chi connectivity index (χ3v) is 8.19. The summed E-state index contributed by atoms with van der Waals surface area (Å²) in [5.41, 5.74) is 10.6. The smallest absolute Gasteiger partial charge is 0.164 e. The van der Waals surface area contributed by atoms with E-state index in [9.17, 15) is 0 Å². The van der Waals surface area contributed by atoms with Crippen molar-refractivity contribution in [2.75, 3.05) is 0 Å². The summed E-state index contributed by atoms with van der Waals surface area (Å²) in [6.07, 6.45) is 0. The molecule has 0 aliphatic heterocycles. The average molecular weight is 615 g/mol. The molecule has 0 aliphatic rings. The highest BCUT2D eigenvalue weighted by Crippen LogP contribution is 2.34. The molecule has 2 aromatic heterocycles. The van der Waals surface area contributed by atoms with Gasteiger partial charge in [-0.05, 0) is 35.4 Å². The van der Waals surface area contributed by atoms with Crippen molar-refractivity contribution in [2.24, 2.45) is 0 Å². The second-order valence-corrected chi connectivity index (χ2v) is 11.3. The zero-order valence-electron chi connectivity index (χ0n) is 25.7. The van der Waals surface area contributed by atoms with Crippen LogP contribution in [0.25, 0.3) is 78.8 Å². The summed E-state index contributed by atoms with van der Waals surface area (Å²) in [4.78, 5) is 24.8. The average Bonchev–Trinajstić information content (AvgIpc) is 3.18. The van der Waals surface area contributed by atoms with Gasteiger partial charge in [-0.2, -0.15) is 5.26 Å². The van der Waals surface area contributed by atoms with Gasteiger partial charge >= 0.3 is 0 Å². The maximum absolute atomic E-state index is 9.17. The molecule has 0 N–H and O–H groups in total. The van der Waals surface area contributed by atoms with Gasteiger partial charge in [0.25, 0.3) is 0 Å². The van der Waals surface area contributed by atoms with Crippen LogP contribution < -0.4 is 0 Å². The SMILES string of the molecule is N#Cc1ccc(-c2ccc(-c3nc4ccccc4nc3-c3ccc(-c4nc(-c5ccccc5)nc(-c5ccccc5)n4)cc3)cc2)cc1.